The first-order valence-electron chi connectivity index (χ1n) is 12.0. The second-order valence-electron chi connectivity index (χ2n) is 8.61. The van der Waals surface area contributed by atoms with Crippen LogP contribution in [0.3, 0.4) is 0 Å². The van der Waals surface area contributed by atoms with Crippen LogP contribution in [-0.4, -0.2) is 22.2 Å². The summed E-state index contributed by atoms with van der Waals surface area (Å²) >= 11 is 7.30. The van der Waals surface area contributed by atoms with E-state index in [9.17, 15) is 14.7 Å². The Labute approximate surface area is 227 Å². The molecule has 1 atom stereocenters. The van der Waals surface area contributed by atoms with Gasteiger partial charge >= 0.3 is 0 Å². The van der Waals surface area contributed by atoms with Crippen LogP contribution in [0.15, 0.2) is 93.9 Å². The highest BCUT2D eigenvalue weighted by Crippen LogP contribution is 2.32. The molecule has 2 N–H and O–H groups in total. The summed E-state index contributed by atoms with van der Waals surface area (Å²) in [6.45, 7) is 4.19. The molecule has 1 aliphatic rings. The van der Waals surface area contributed by atoms with Crippen molar-refractivity contribution >= 4 is 40.6 Å². The van der Waals surface area contributed by atoms with Crippen LogP contribution in [0.5, 0.6) is 11.5 Å². The lowest BCUT2D eigenvalue weighted by Crippen LogP contribution is -2.40. The van der Waals surface area contributed by atoms with Gasteiger partial charge in [0.25, 0.3) is 11.5 Å². The first-order valence-corrected chi connectivity index (χ1v) is 13.2. The SMILES string of the molecule is CCOc1ccc([C@H]2C(C(=O)Nc3ccccc3)=C(C)N=c3s/c(=C\c4cc(Cl)ccc4O)c(=O)n32)cc1. The first-order chi connectivity index (χ1) is 18.4. The third-order valence-electron chi connectivity index (χ3n) is 6.08. The van der Waals surface area contributed by atoms with E-state index in [1.165, 1.54) is 22.0 Å². The molecule has 38 heavy (non-hydrogen) atoms. The van der Waals surface area contributed by atoms with Gasteiger partial charge in [0, 0.05) is 16.3 Å². The van der Waals surface area contributed by atoms with Crippen LogP contribution in [0, 0.1) is 0 Å². The molecule has 0 fully saturated rings. The maximum Gasteiger partial charge on any atom is 0.271 e. The number of carbonyl (C=O) groups excluding carboxylic acids is 1. The number of amides is 1. The molecule has 192 valence electrons. The largest absolute Gasteiger partial charge is 0.507 e. The zero-order valence-electron chi connectivity index (χ0n) is 20.6. The normalized spacial score (nSPS) is 15.1. The Hall–Kier alpha value is -4.14. The molecule has 0 bridgehead atoms. The Morgan fingerprint density at radius 1 is 1.16 bits per heavy atom. The molecule has 3 aromatic carbocycles. The number of carbonyl (C=O) groups is 1. The van der Waals surface area contributed by atoms with Gasteiger partial charge in [-0.05, 0) is 68.0 Å². The summed E-state index contributed by atoms with van der Waals surface area (Å²) in [5.74, 6) is 0.344. The highest BCUT2D eigenvalue weighted by Gasteiger charge is 2.32. The lowest BCUT2D eigenvalue weighted by atomic mass is 9.95. The summed E-state index contributed by atoms with van der Waals surface area (Å²) in [6.07, 6.45) is 1.59. The fourth-order valence-electron chi connectivity index (χ4n) is 4.34. The molecule has 1 aromatic heterocycles. The maximum atomic E-state index is 13.8. The number of benzene rings is 3. The molecule has 9 heteroatoms. The number of hydrogen-bond donors (Lipinski definition) is 2. The van der Waals surface area contributed by atoms with Crippen LogP contribution >= 0.6 is 22.9 Å². The summed E-state index contributed by atoms with van der Waals surface area (Å²) in [5, 5.41) is 13.7. The van der Waals surface area contributed by atoms with Gasteiger partial charge in [0.05, 0.1) is 28.5 Å². The average molecular weight is 546 g/mol. The number of halogens is 1. The van der Waals surface area contributed by atoms with Crippen molar-refractivity contribution in [3.05, 3.63) is 120 Å². The second-order valence-corrected chi connectivity index (χ2v) is 10.1. The van der Waals surface area contributed by atoms with E-state index in [4.69, 9.17) is 16.3 Å². The molecular weight excluding hydrogens is 522 g/mol. The Kier molecular flexibility index (Phi) is 7.18. The molecule has 7 nitrogen and oxygen atoms in total. The molecule has 0 unspecified atom stereocenters. The van der Waals surface area contributed by atoms with E-state index < -0.39 is 6.04 Å². The lowest BCUT2D eigenvalue weighted by molar-refractivity contribution is -0.113. The Bertz CT molecular complexity index is 1720. The van der Waals surface area contributed by atoms with Gasteiger partial charge in [-0.15, -0.1) is 0 Å². The van der Waals surface area contributed by atoms with E-state index in [-0.39, 0.29) is 17.2 Å². The number of hydrogen-bond acceptors (Lipinski definition) is 6. The Morgan fingerprint density at radius 3 is 2.61 bits per heavy atom. The smallest absolute Gasteiger partial charge is 0.271 e. The summed E-state index contributed by atoms with van der Waals surface area (Å²) in [4.78, 5) is 32.5. The van der Waals surface area contributed by atoms with Crippen LogP contribution in [0.25, 0.3) is 6.08 Å². The van der Waals surface area contributed by atoms with Crippen molar-refractivity contribution < 1.29 is 14.6 Å². The number of allylic oxidation sites excluding steroid dienone is 1. The molecule has 2 heterocycles. The van der Waals surface area contributed by atoms with Crippen molar-refractivity contribution in [3.63, 3.8) is 0 Å². The molecule has 0 aliphatic carbocycles. The predicted octanol–water partition coefficient (Wildman–Crippen LogP) is 4.63. The average Bonchev–Trinajstić information content (AvgIpc) is 3.21. The minimum absolute atomic E-state index is 0.00223. The number of nitrogens with one attached hydrogen (secondary N) is 1. The maximum absolute atomic E-state index is 13.8. The minimum Gasteiger partial charge on any atom is -0.507 e. The van der Waals surface area contributed by atoms with Gasteiger partial charge in [-0.2, -0.15) is 0 Å². The molecule has 1 amide bonds. The molecule has 5 rings (SSSR count). The van der Waals surface area contributed by atoms with Crippen LogP contribution in [0.4, 0.5) is 5.69 Å². The van der Waals surface area contributed by atoms with Crippen LogP contribution < -0.4 is 24.9 Å². The zero-order chi connectivity index (χ0) is 26.8. The molecule has 1 aliphatic heterocycles. The quantitative estimate of drug-likeness (QED) is 0.369. The second kappa shape index (κ2) is 10.7. The van der Waals surface area contributed by atoms with Gasteiger partial charge in [0.1, 0.15) is 11.5 Å². The van der Waals surface area contributed by atoms with Crippen molar-refractivity contribution in [2.45, 2.75) is 19.9 Å². The van der Waals surface area contributed by atoms with E-state index in [2.05, 4.69) is 10.3 Å². The van der Waals surface area contributed by atoms with Gasteiger partial charge in [-0.1, -0.05) is 53.3 Å². The fourth-order valence-corrected chi connectivity index (χ4v) is 5.56. The molecule has 0 saturated carbocycles. The summed E-state index contributed by atoms with van der Waals surface area (Å²) in [7, 11) is 0. The standard InChI is InChI=1S/C29H24ClN3O4S/c1-3-37-22-12-9-18(10-13-22)26-25(27(35)32-21-7-5-4-6-8-21)17(2)31-29-33(26)28(36)24(38-29)16-19-15-20(30)11-14-23(19)34/h4-16,26,34H,3H2,1-2H3,(H,32,35)/b24-16-/t26-/m0/s1. The van der Waals surface area contributed by atoms with E-state index in [1.54, 1.807) is 37.3 Å². The number of rotatable bonds is 6. The van der Waals surface area contributed by atoms with E-state index in [1.807, 2.05) is 49.4 Å². The third kappa shape index (κ3) is 5.01. The van der Waals surface area contributed by atoms with Gasteiger partial charge in [-0.3, -0.25) is 14.2 Å². The van der Waals surface area contributed by atoms with Crippen LogP contribution in [0.1, 0.15) is 31.0 Å². The number of para-hydroxylation sites is 1. The lowest BCUT2D eigenvalue weighted by Gasteiger charge is -2.25. The number of nitrogens with zero attached hydrogens (tertiary/aromatic N) is 2. The van der Waals surface area contributed by atoms with E-state index >= 15 is 0 Å². The summed E-state index contributed by atoms with van der Waals surface area (Å²) in [6, 6.07) is 20.4. The first kappa shape index (κ1) is 25.5. The highest BCUT2D eigenvalue weighted by atomic mass is 35.5. The van der Waals surface area contributed by atoms with Crippen LogP contribution in [-0.2, 0) is 4.79 Å². The Morgan fingerprint density at radius 2 is 1.89 bits per heavy atom. The van der Waals surface area contributed by atoms with Gasteiger partial charge in [0.2, 0.25) is 0 Å². The van der Waals surface area contributed by atoms with Crippen molar-refractivity contribution in [1.82, 2.24) is 4.57 Å². The Balaban J connectivity index is 1.67. The number of aromatic nitrogens is 1. The number of fused-ring (bicyclic) bond motifs is 1. The van der Waals surface area contributed by atoms with Crippen LogP contribution in [0.2, 0.25) is 5.02 Å². The van der Waals surface area contributed by atoms with Crippen molar-refractivity contribution in [2.24, 2.45) is 4.99 Å². The highest BCUT2D eigenvalue weighted by molar-refractivity contribution is 7.07. The number of phenolic OH excluding ortho intramolecular Hbond substituents is 1. The van der Waals surface area contributed by atoms with Gasteiger partial charge in [0.15, 0.2) is 4.80 Å². The van der Waals surface area contributed by atoms with Crippen molar-refractivity contribution in [2.75, 3.05) is 11.9 Å². The minimum atomic E-state index is -0.722. The summed E-state index contributed by atoms with van der Waals surface area (Å²) < 4.78 is 7.48. The van der Waals surface area contributed by atoms with Gasteiger partial charge in [-0.25, -0.2) is 4.99 Å². The van der Waals surface area contributed by atoms with Crippen molar-refractivity contribution in [3.8, 4) is 11.5 Å². The number of thiazole rings is 1. The molecule has 0 spiro atoms. The number of phenols is 1. The fraction of sp³-hybridized carbons (Fsp3) is 0.138. The van der Waals surface area contributed by atoms with Crippen molar-refractivity contribution in [1.29, 1.82) is 0 Å². The predicted molar refractivity (Wildman–Crippen MR) is 150 cm³/mol. The monoisotopic (exact) mass is 545 g/mol. The third-order valence-corrected chi connectivity index (χ3v) is 7.30. The number of ether oxygens (including phenoxy) is 1. The molecule has 0 saturated heterocycles. The molecule has 0 radical (unpaired) electrons. The molecule has 4 aromatic rings. The zero-order valence-corrected chi connectivity index (χ0v) is 22.2. The van der Waals surface area contributed by atoms with E-state index in [0.717, 1.165) is 5.56 Å². The van der Waals surface area contributed by atoms with E-state index in [0.29, 0.717) is 49.2 Å². The molecular formula is C29H24ClN3O4S. The number of anilines is 1. The summed E-state index contributed by atoms with van der Waals surface area (Å²) in [5.41, 5.74) is 2.33. The number of aromatic hydroxyl groups is 1. The van der Waals surface area contributed by atoms with Gasteiger partial charge < -0.3 is 15.2 Å². The topological polar surface area (TPSA) is 92.9 Å².